The molecule has 0 amide bonds. The molecular weight excluding hydrogens is 272 g/mol. The molecule has 0 unspecified atom stereocenters. The topological polar surface area (TPSA) is 37.8 Å². The summed E-state index contributed by atoms with van der Waals surface area (Å²) in [6, 6.07) is 2.22. The van der Waals surface area contributed by atoms with Crippen molar-refractivity contribution < 1.29 is 8.78 Å². The van der Waals surface area contributed by atoms with Crippen LogP contribution in [0.5, 0.6) is 0 Å². The molecule has 1 N–H and O–H groups in total. The van der Waals surface area contributed by atoms with Crippen molar-refractivity contribution >= 4 is 23.1 Å². The molecule has 0 saturated carbocycles. The Balaban J connectivity index is 2.42. The number of anilines is 2. The average Bonchev–Trinajstić information content (AvgIpc) is 2.36. The highest BCUT2D eigenvalue weighted by Crippen LogP contribution is 2.26. The second-order valence-corrected chi connectivity index (χ2v) is 4.65. The summed E-state index contributed by atoms with van der Waals surface area (Å²) >= 11 is 5.83. The van der Waals surface area contributed by atoms with Gasteiger partial charge in [0.2, 0.25) is 0 Å². The molecule has 3 nitrogen and oxygen atoms in total. The predicted molar refractivity (Wildman–Crippen MR) is 70.9 cm³/mol. The van der Waals surface area contributed by atoms with E-state index >= 15 is 0 Å². The van der Waals surface area contributed by atoms with Crippen molar-refractivity contribution in [2.75, 3.05) is 5.32 Å². The van der Waals surface area contributed by atoms with Gasteiger partial charge in [-0.1, -0.05) is 11.6 Å². The Labute approximate surface area is 114 Å². The summed E-state index contributed by atoms with van der Waals surface area (Å²) in [5, 5.41) is 10.6. The first-order valence-electron chi connectivity index (χ1n) is 5.62. The van der Waals surface area contributed by atoms with Crippen molar-refractivity contribution in [3.8, 4) is 0 Å². The molecule has 2 rings (SSSR count). The molecule has 100 valence electrons. The summed E-state index contributed by atoms with van der Waals surface area (Å²) in [6.45, 7) is 5.06. The molecule has 0 aliphatic heterocycles. The van der Waals surface area contributed by atoms with Crippen molar-refractivity contribution in [3.63, 3.8) is 0 Å². The molecule has 1 aromatic heterocycles. The number of rotatable bonds is 2. The van der Waals surface area contributed by atoms with Crippen LogP contribution in [-0.4, -0.2) is 10.2 Å². The van der Waals surface area contributed by atoms with Crippen LogP contribution in [0.2, 0.25) is 5.15 Å². The first kappa shape index (κ1) is 13.7. The van der Waals surface area contributed by atoms with E-state index in [9.17, 15) is 8.78 Å². The maximum atomic E-state index is 13.7. The van der Waals surface area contributed by atoms with E-state index < -0.39 is 11.6 Å². The highest BCUT2D eigenvalue weighted by Gasteiger charge is 2.12. The smallest absolute Gasteiger partial charge is 0.156 e. The number of nitrogens with zero attached hydrogens (tertiary/aromatic N) is 2. The highest BCUT2D eigenvalue weighted by molar-refractivity contribution is 6.30. The molecule has 0 fully saturated rings. The molecule has 0 spiro atoms. The van der Waals surface area contributed by atoms with Crippen molar-refractivity contribution in [1.29, 1.82) is 0 Å². The first-order valence-corrected chi connectivity index (χ1v) is 6.00. The Bertz CT molecular complexity index is 644. The Morgan fingerprint density at radius 3 is 2.37 bits per heavy atom. The zero-order chi connectivity index (χ0) is 14.2. The van der Waals surface area contributed by atoms with Crippen LogP contribution in [-0.2, 0) is 0 Å². The molecular formula is C13H12ClF2N3. The van der Waals surface area contributed by atoms with E-state index in [1.165, 1.54) is 6.92 Å². The molecule has 0 saturated heterocycles. The second-order valence-electron chi connectivity index (χ2n) is 4.30. The lowest BCUT2D eigenvalue weighted by Crippen LogP contribution is -2.03. The molecule has 0 aliphatic carbocycles. The Kier molecular flexibility index (Phi) is 3.66. The summed E-state index contributed by atoms with van der Waals surface area (Å²) in [7, 11) is 0. The van der Waals surface area contributed by atoms with Gasteiger partial charge >= 0.3 is 0 Å². The zero-order valence-electron chi connectivity index (χ0n) is 10.7. The molecule has 19 heavy (non-hydrogen) atoms. The van der Waals surface area contributed by atoms with Crippen LogP contribution in [0.3, 0.4) is 0 Å². The third kappa shape index (κ3) is 2.66. The Hall–Kier alpha value is -1.75. The number of nitrogens with one attached hydrogen (secondary N) is 1. The van der Waals surface area contributed by atoms with Gasteiger partial charge in [-0.05, 0) is 43.5 Å². The lowest BCUT2D eigenvalue weighted by molar-refractivity contribution is 0.595. The number of halogens is 3. The van der Waals surface area contributed by atoms with Gasteiger partial charge in [0.25, 0.3) is 0 Å². The normalized spacial score (nSPS) is 10.6. The van der Waals surface area contributed by atoms with Gasteiger partial charge in [-0.15, -0.1) is 10.2 Å². The molecule has 0 radical (unpaired) electrons. The number of aromatic nitrogens is 2. The zero-order valence-corrected chi connectivity index (χ0v) is 11.4. The van der Waals surface area contributed by atoms with Gasteiger partial charge in [-0.3, -0.25) is 0 Å². The van der Waals surface area contributed by atoms with Gasteiger partial charge in [-0.2, -0.15) is 0 Å². The molecule has 0 atom stereocenters. The monoisotopic (exact) mass is 283 g/mol. The van der Waals surface area contributed by atoms with Crippen molar-refractivity contribution in [2.24, 2.45) is 0 Å². The van der Waals surface area contributed by atoms with Crippen LogP contribution in [0.25, 0.3) is 0 Å². The molecule has 1 aromatic carbocycles. The largest absolute Gasteiger partial charge is 0.336 e. The van der Waals surface area contributed by atoms with Crippen LogP contribution in [0.15, 0.2) is 12.1 Å². The third-order valence-corrected chi connectivity index (χ3v) is 3.33. The summed E-state index contributed by atoms with van der Waals surface area (Å²) in [5.41, 5.74) is 1.74. The number of hydrogen-bond donors (Lipinski definition) is 1. The lowest BCUT2D eigenvalue weighted by atomic mass is 10.1. The van der Waals surface area contributed by atoms with E-state index in [1.807, 2.05) is 0 Å². The van der Waals surface area contributed by atoms with E-state index in [1.54, 1.807) is 13.8 Å². The summed E-state index contributed by atoms with van der Waals surface area (Å²) in [5.74, 6) is -0.683. The fraction of sp³-hybridized carbons (Fsp3) is 0.231. The van der Waals surface area contributed by atoms with Gasteiger partial charge < -0.3 is 5.32 Å². The van der Waals surface area contributed by atoms with Crippen LogP contribution >= 0.6 is 11.6 Å². The molecule has 0 aliphatic rings. The lowest BCUT2D eigenvalue weighted by Gasteiger charge is -2.11. The molecule has 2 aromatic rings. The van der Waals surface area contributed by atoms with Crippen molar-refractivity contribution in [1.82, 2.24) is 10.2 Å². The molecule has 1 heterocycles. The van der Waals surface area contributed by atoms with E-state index in [4.69, 9.17) is 11.6 Å². The minimum Gasteiger partial charge on any atom is -0.336 e. The second kappa shape index (κ2) is 5.09. The Morgan fingerprint density at radius 2 is 1.68 bits per heavy atom. The summed E-state index contributed by atoms with van der Waals surface area (Å²) in [6.07, 6.45) is 0. The summed E-state index contributed by atoms with van der Waals surface area (Å²) < 4.78 is 27.2. The van der Waals surface area contributed by atoms with Gasteiger partial charge in [0.05, 0.1) is 5.69 Å². The quantitative estimate of drug-likeness (QED) is 0.902. The van der Waals surface area contributed by atoms with Crippen LogP contribution in [0.4, 0.5) is 20.3 Å². The third-order valence-electron chi connectivity index (χ3n) is 2.97. The van der Waals surface area contributed by atoms with Gasteiger partial charge in [-0.25, -0.2) is 8.78 Å². The van der Waals surface area contributed by atoms with Crippen LogP contribution in [0, 0.1) is 32.4 Å². The SMILES string of the molecule is Cc1cc(F)c(Nc2nnc(Cl)c(C)c2C)cc1F. The minimum absolute atomic E-state index is 0.0159. The maximum absolute atomic E-state index is 13.7. The fourth-order valence-electron chi connectivity index (χ4n) is 1.56. The van der Waals surface area contributed by atoms with Crippen LogP contribution in [0.1, 0.15) is 16.7 Å². The molecule has 6 heteroatoms. The highest BCUT2D eigenvalue weighted by atomic mass is 35.5. The van der Waals surface area contributed by atoms with Crippen molar-refractivity contribution in [3.05, 3.63) is 45.6 Å². The predicted octanol–water partition coefficient (Wildman–Crippen LogP) is 4.08. The van der Waals surface area contributed by atoms with Gasteiger partial charge in [0.15, 0.2) is 11.0 Å². The van der Waals surface area contributed by atoms with E-state index in [0.717, 1.165) is 23.3 Å². The standard InChI is InChI=1S/C13H12ClF2N3/c1-6-4-10(16)11(5-9(6)15)17-13-8(3)7(2)12(14)18-19-13/h4-5H,1-3H3,(H,17,19). The summed E-state index contributed by atoms with van der Waals surface area (Å²) in [4.78, 5) is 0. The first-order chi connectivity index (χ1) is 8.90. The van der Waals surface area contributed by atoms with Gasteiger partial charge in [0.1, 0.15) is 11.6 Å². The number of aryl methyl sites for hydroxylation is 1. The van der Waals surface area contributed by atoms with E-state index in [-0.39, 0.29) is 11.3 Å². The average molecular weight is 284 g/mol. The maximum Gasteiger partial charge on any atom is 0.156 e. The number of benzene rings is 1. The number of hydrogen-bond acceptors (Lipinski definition) is 3. The van der Waals surface area contributed by atoms with E-state index in [2.05, 4.69) is 15.5 Å². The van der Waals surface area contributed by atoms with Crippen LogP contribution < -0.4 is 5.32 Å². The van der Waals surface area contributed by atoms with E-state index in [0.29, 0.717) is 11.0 Å². The fourth-order valence-corrected chi connectivity index (χ4v) is 1.74. The van der Waals surface area contributed by atoms with Crippen molar-refractivity contribution in [2.45, 2.75) is 20.8 Å². The van der Waals surface area contributed by atoms with Gasteiger partial charge in [0, 0.05) is 6.07 Å². The Morgan fingerprint density at radius 1 is 1.00 bits per heavy atom. The molecule has 0 bridgehead atoms. The minimum atomic E-state index is -0.548.